The highest BCUT2D eigenvalue weighted by Crippen LogP contribution is 2.30. The van der Waals surface area contributed by atoms with Crippen molar-refractivity contribution in [2.75, 3.05) is 0 Å². The minimum atomic E-state index is -4.88. The Morgan fingerprint density at radius 3 is 2.00 bits per heavy atom. The van der Waals surface area contributed by atoms with Gasteiger partial charge in [-0.2, -0.15) is 5.10 Å². The maximum atomic E-state index is 12.5. The summed E-state index contributed by atoms with van der Waals surface area (Å²) in [6.07, 6.45) is -8.56. The largest absolute Gasteiger partial charge is 0.573 e. The van der Waals surface area contributed by atoms with Crippen LogP contribution < -0.4 is 9.47 Å². The fourth-order valence-corrected chi connectivity index (χ4v) is 2.36. The van der Waals surface area contributed by atoms with Gasteiger partial charge >= 0.3 is 12.7 Å². The summed E-state index contributed by atoms with van der Waals surface area (Å²) in [5.74, 6) is -0.737. The third kappa shape index (κ3) is 4.72. The van der Waals surface area contributed by atoms with Crippen molar-refractivity contribution in [2.45, 2.75) is 12.7 Å². The summed E-state index contributed by atoms with van der Waals surface area (Å²) in [7, 11) is 0. The number of alkyl halides is 6. The maximum absolute atomic E-state index is 12.5. The van der Waals surface area contributed by atoms with Crippen LogP contribution in [0.25, 0.3) is 17.1 Å². The van der Waals surface area contributed by atoms with Gasteiger partial charge in [0, 0.05) is 11.6 Å². The molecule has 0 saturated heterocycles. The monoisotopic (exact) mass is 402 g/mol. The molecule has 0 saturated carbocycles. The summed E-state index contributed by atoms with van der Waals surface area (Å²) in [5, 5.41) is 3.96. The molecule has 0 unspecified atom stereocenters. The van der Waals surface area contributed by atoms with E-state index >= 15 is 0 Å². The summed E-state index contributed by atoms with van der Waals surface area (Å²) in [5.41, 5.74) is 0.844. The average molecular weight is 402 g/mol. The number of benzene rings is 2. The molecule has 0 aliphatic rings. The smallest absolute Gasteiger partial charge is 0.406 e. The van der Waals surface area contributed by atoms with Gasteiger partial charge in [0.2, 0.25) is 0 Å². The molecule has 0 spiro atoms. The number of aromatic nitrogens is 3. The predicted molar refractivity (Wildman–Crippen MR) is 84.6 cm³/mol. The van der Waals surface area contributed by atoms with E-state index in [9.17, 15) is 26.3 Å². The van der Waals surface area contributed by atoms with Gasteiger partial charge in [-0.1, -0.05) is 6.07 Å². The molecule has 11 heteroatoms. The van der Waals surface area contributed by atoms with E-state index in [1.54, 1.807) is 0 Å². The molecule has 5 nitrogen and oxygen atoms in total. The predicted octanol–water partition coefficient (Wildman–Crippen LogP) is 4.91. The second-order valence-electron chi connectivity index (χ2n) is 5.41. The summed E-state index contributed by atoms with van der Waals surface area (Å²) in [6.45, 7) is 3.73. The van der Waals surface area contributed by atoms with E-state index in [4.69, 9.17) is 0 Å². The van der Waals surface area contributed by atoms with Gasteiger partial charge in [-0.3, -0.25) is 0 Å². The Morgan fingerprint density at radius 2 is 1.39 bits per heavy atom. The Kier molecular flexibility index (Phi) is 4.92. The lowest BCUT2D eigenvalue weighted by Gasteiger charge is -2.13. The van der Waals surface area contributed by atoms with E-state index in [0.717, 1.165) is 30.6 Å². The summed E-state index contributed by atoms with van der Waals surface area (Å²) >= 11 is 0. The molecule has 1 heterocycles. The molecule has 0 aliphatic carbocycles. The van der Waals surface area contributed by atoms with Gasteiger partial charge in [0.15, 0.2) is 5.82 Å². The number of ether oxygens (including phenoxy) is 2. The molecule has 0 fully saturated rings. The van der Waals surface area contributed by atoms with E-state index in [1.165, 1.54) is 22.9 Å². The van der Waals surface area contributed by atoms with Crippen LogP contribution in [0.15, 0.2) is 48.8 Å². The van der Waals surface area contributed by atoms with Gasteiger partial charge in [-0.15, -0.1) is 26.3 Å². The molecule has 0 bridgehead atoms. The minimum Gasteiger partial charge on any atom is -0.406 e. The van der Waals surface area contributed by atoms with Crippen molar-refractivity contribution in [2.24, 2.45) is 0 Å². The Balaban J connectivity index is 1.95. The highest BCUT2D eigenvalue weighted by Gasteiger charge is 2.32. The van der Waals surface area contributed by atoms with E-state index < -0.39 is 24.2 Å². The fraction of sp³-hybridized carbons (Fsp3) is 0.118. The summed E-state index contributed by atoms with van der Waals surface area (Å²) in [6, 6.07) is 8.25. The average Bonchev–Trinajstić information content (AvgIpc) is 3.04. The molecule has 1 radical (unpaired) electrons. The molecule has 0 amide bonds. The van der Waals surface area contributed by atoms with Crippen molar-refractivity contribution in [3.05, 3.63) is 61.3 Å². The summed E-state index contributed by atoms with van der Waals surface area (Å²) in [4.78, 5) is 4.01. The highest BCUT2D eigenvalue weighted by atomic mass is 19.4. The fourth-order valence-electron chi connectivity index (χ4n) is 2.36. The lowest BCUT2D eigenvalue weighted by Crippen LogP contribution is -2.17. The van der Waals surface area contributed by atoms with Crippen LogP contribution in [0, 0.1) is 6.92 Å². The van der Waals surface area contributed by atoms with Gasteiger partial charge in [-0.05, 0) is 42.8 Å². The first-order valence-electron chi connectivity index (χ1n) is 7.50. The lowest BCUT2D eigenvalue weighted by molar-refractivity contribution is -0.275. The third-order valence-electron chi connectivity index (χ3n) is 3.41. The Labute approximate surface area is 154 Å². The van der Waals surface area contributed by atoms with Gasteiger partial charge < -0.3 is 9.47 Å². The summed E-state index contributed by atoms with van der Waals surface area (Å²) < 4.78 is 83.0. The molecule has 0 aliphatic heterocycles. The first kappa shape index (κ1) is 19.5. The van der Waals surface area contributed by atoms with Crippen molar-refractivity contribution in [3.8, 4) is 28.6 Å². The number of halogens is 6. The SMILES string of the molecule is [CH2]c1ccc(OC(F)(F)F)cc1-n1ncnc1-c1ccc(OC(F)(F)F)cc1. The number of hydrogen-bond donors (Lipinski definition) is 0. The number of nitrogens with zero attached hydrogens (tertiary/aromatic N) is 3. The zero-order chi connectivity index (χ0) is 20.5. The van der Waals surface area contributed by atoms with Gasteiger partial charge in [0.25, 0.3) is 0 Å². The van der Waals surface area contributed by atoms with Crippen LogP contribution in [-0.4, -0.2) is 27.5 Å². The van der Waals surface area contributed by atoms with Crippen LogP contribution >= 0.6 is 0 Å². The maximum Gasteiger partial charge on any atom is 0.573 e. The highest BCUT2D eigenvalue weighted by molar-refractivity contribution is 5.60. The Bertz CT molecular complexity index is 964. The molecule has 2 aromatic carbocycles. The number of rotatable bonds is 4. The van der Waals surface area contributed by atoms with Crippen molar-refractivity contribution in [1.29, 1.82) is 0 Å². The quantitative estimate of drug-likeness (QED) is 0.582. The van der Waals surface area contributed by atoms with Crippen LogP contribution in [0.2, 0.25) is 0 Å². The van der Waals surface area contributed by atoms with Crippen LogP contribution in [0.3, 0.4) is 0 Å². The normalized spacial score (nSPS) is 12.1. The molecule has 3 rings (SSSR count). The molecule has 0 N–H and O–H groups in total. The molecular formula is C17H10F6N3O2. The first-order chi connectivity index (χ1) is 13.0. The Hall–Kier alpha value is -3.24. The second-order valence-corrected chi connectivity index (χ2v) is 5.41. The van der Waals surface area contributed by atoms with Gasteiger partial charge in [-0.25, -0.2) is 9.67 Å². The van der Waals surface area contributed by atoms with E-state index in [0.29, 0.717) is 11.1 Å². The van der Waals surface area contributed by atoms with Crippen molar-refractivity contribution < 1.29 is 35.8 Å². The van der Waals surface area contributed by atoms with Gasteiger partial charge in [0.1, 0.15) is 17.8 Å². The van der Waals surface area contributed by atoms with Crippen molar-refractivity contribution in [1.82, 2.24) is 14.8 Å². The molecule has 1 aromatic heterocycles. The van der Waals surface area contributed by atoms with E-state index in [2.05, 4.69) is 26.5 Å². The van der Waals surface area contributed by atoms with Crippen LogP contribution in [0.1, 0.15) is 5.56 Å². The van der Waals surface area contributed by atoms with Crippen LogP contribution in [0.4, 0.5) is 26.3 Å². The van der Waals surface area contributed by atoms with Crippen molar-refractivity contribution >= 4 is 0 Å². The third-order valence-corrected chi connectivity index (χ3v) is 3.41. The van der Waals surface area contributed by atoms with E-state index in [1.807, 2.05) is 0 Å². The molecule has 0 atom stereocenters. The first-order valence-corrected chi connectivity index (χ1v) is 7.50. The van der Waals surface area contributed by atoms with Crippen LogP contribution in [-0.2, 0) is 0 Å². The topological polar surface area (TPSA) is 49.2 Å². The van der Waals surface area contributed by atoms with Crippen molar-refractivity contribution in [3.63, 3.8) is 0 Å². The molecule has 28 heavy (non-hydrogen) atoms. The molecule has 147 valence electrons. The van der Waals surface area contributed by atoms with E-state index in [-0.39, 0.29) is 11.5 Å². The lowest BCUT2D eigenvalue weighted by atomic mass is 10.1. The standard InChI is InChI=1S/C17H10F6N3O2/c1-10-2-5-13(28-17(21,22)23)8-14(10)26-15(24-9-25-26)11-3-6-12(7-4-11)27-16(18,19)20/h2-9H,1H2. The van der Waals surface area contributed by atoms with Gasteiger partial charge in [0.05, 0.1) is 5.69 Å². The number of hydrogen-bond acceptors (Lipinski definition) is 4. The molecule has 3 aromatic rings. The minimum absolute atomic E-state index is 0.157. The second kappa shape index (κ2) is 7.06. The Morgan fingerprint density at radius 1 is 0.821 bits per heavy atom. The zero-order valence-electron chi connectivity index (χ0n) is 13.8. The zero-order valence-corrected chi connectivity index (χ0v) is 13.8. The van der Waals surface area contributed by atoms with Crippen LogP contribution in [0.5, 0.6) is 11.5 Å². The molecular weight excluding hydrogens is 392 g/mol.